The van der Waals surface area contributed by atoms with Gasteiger partial charge in [-0.1, -0.05) is 18.2 Å². The summed E-state index contributed by atoms with van der Waals surface area (Å²) in [5.41, 5.74) is 6.60. The smallest absolute Gasteiger partial charge is 0.330 e. The predicted octanol–water partition coefficient (Wildman–Crippen LogP) is 1.60. The molecule has 3 N–H and O–H groups in total. The molecule has 0 radical (unpaired) electrons. The quantitative estimate of drug-likeness (QED) is 0.502. The van der Waals surface area contributed by atoms with E-state index in [1.54, 1.807) is 48.5 Å². The molecular formula is C15H14N2O3. The van der Waals surface area contributed by atoms with Gasteiger partial charge in [0, 0.05) is 11.3 Å². The minimum absolute atomic E-state index is 0.196. The lowest BCUT2D eigenvalue weighted by Crippen LogP contribution is -2.31. The molecule has 0 aliphatic rings. The number of hydrogen-bond acceptors (Lipinski definition) is 4. The number of carbonyl (C=O) groups excluding carboxylic acids is 2. The van der Waals surface area contributed by atoms with Gasteiger partial charge in [0.05, 0.1) is 0 Å². The molecule has 0 saturated carbocycles. The van der Waals surface area contributed by atoms with Crippen molar-refractivity contribution in [1.82, 2.24) is 5.32 Å². The van der Waals surface area contributed by atoms with E-state index in [1.807, 2.05) is 6.07 Å². The van der Waals surface area contributed by atoms with E-state index in [0.29, 0.717) is 17.0 Å². The standard InChI is InChI=1S/C15H14N2O3/c16-12-6-8-13(9-7-12)20-14(18)10-17-15(19)11-4-2-1-3-5-11/h1-9H,10,16H2,(H,17,19). The summed E-state index contributed by atoms with van der Waals surface area (Å²) in [5, 5.41) is 2.49. The summed E-state index contributed by atoms with van der Waals surface area (Å²) in [5.74, 6) is -0.475. The molecule has 5 heteroatoms. The van der Waals surface area contributed by atoms with Crippen molar-refractivity contribution in [3.8, 4) is 5.75 Å². The number of rotatable bonds is 4. The van der Waals surface area contributed by atoms with Crippen LogP contribution < -0.4 is 15.8 Å². The highest BCUT2D eigenvalue weighted by atomic mass is 16.5. The summed E-state index contributed by atoms with van der Waals surface area (Å²) in [6.45, 7) is -0.196. The van der Waals surface area contributed by atoms with Crippen molar-refractivity contribution in [2.45, 2.75) is 0 Å². The molecule has 2 aromatic rings. The minimum Gasteiger partial charge on any atom is -0.425 e. The number of hydrogen-bond donors (Lipinski definition) is 2. The first-order valence-electron chi connectivity index (χ1n) is 6.04. The highest BCUT2D eigenvalue weighted by molar-refractivity contribution is 5.96. The summed E-state index contributed by atoms with van der Waals surface area (Å²) >= 11 is 0. The first-order valence-corrected chi connectivity index (χ1v) is 6.04. The predicted molar refractivity (Wildman–Crippen MR) is 75.3 cm³/mol. The number of anilines is 1. The van der Waals surface area contributed by atoms with Gasteiger partial charge in [-0.15, -0.1) is 0 Å². The molecular weight excluding hydrogens is 256 g/mol. The van der Waals surface area contributed by atoms with E-state index in [4.69, 9.17) is 10.5 Å². The highest BCUT2D eigenvalue weighted by Gasteiger charge is 2.09. The zero-order chi connectivity index (χ0) is 14.4. The van der Waals surface area contributed by atoms with Gasteiger partial charge in [0.2, 0.25) is 0 Å². The van der Waals surface area contributed by atoms with Crippen molar-refractivity contribution >= 4 is 17.6 Å². The molecule has 0 aliphatic heterocycles. The minimum atomic E-state index is -0.543. The SMILES string of the molecule is Nc1ccc(OC(=O)CNC(=O)c2ccccc2)cc1. The van der Waals surface area contributed by atoms with Gasteiger partial charge >= 0.3 is 5.97 Å². The Morgan fingerprint density at radius 1 is 1.00 bits per heavy atom. The van der Waals surface area contributed by atoms with Crippen LogP contribution in [0.5, 0.6) is 5.75 Å². The van der Waals surface area contributed by atoms with Crippen LogP contribution in [0.25, 0.3) is 0 Å². The number of nitrogens with one attached hydrogen (secondary N) is 1. The van der Waals surface area contributed by atoms with E-state index in [1.165, 1.54) is 0 Å². The first-order chi connectivity index (χ1) is 9.65. The lowest BCUT2D eigenvalue weighted by atomic mass is 10.2. The second-order valence-electron chi connectivity index (χ2n) is 4.09. The molecule has 0 fully saturated rings. The van der Waals surface area contributed by atoms with Crippen molar-refractivity contribution in [3.63, 3.8) is 0 Å². The Hall–Kier alpha value is -2.82. The van der Waals surface area contributed by atoms with Gasteiger partial charge in [0.25, 0.3) is 5.91 Å². The molecule has 0 heterocycles. The lowest BCUT2D eigenvalue weighted by molar-refractivity contribution is -0.133. The molecule has 2 rings (SSSR count). The average Bonchev–Trinajstić information content (AvgIpc) is 2.48. The summed E-state index contributed by atoms with van der Waals surface area (Å²) in [6, 6.07) is 15.1. The maximum atomic E-state index is 11.7. The van der Waals surface area contributed by atoms with Crippen LogP contribution in [0.2, 0.25) is 0 Å². The molecule has 0 spiro atoms. The zero-order valence-corrected chi connectivity index (χ0v) is 10.7. The third kappa shape index (κ3) is 3.84. The van der Waals surface area contributed by atoms with Crippen molar-refractivity contribution < 1.29 is 14.3 Å². The van der Waals surface area contributed by atoms with Crippen LogP contribution in [0.3, 0.4) is 0 Å². The van der Waals surface area contributed by atoms with Gasteiger partial charge in [0.15, 0.2) is 0 Å². The van der Waals surface area contributed by atoms with Gasteiger partial charge in [-0.3, -0.25) is 4.79 Å². The zero-order valence-electron chi connectivity index (χ0n) is 10.7. The van der Waals surface area contributed by atoms with E-state index in [9.17, 15) is 9.59 Å². The maximum absolute atomic E-state index is 11.7. The topological polar surface area (TPSA) is 81.4 Å². The van der Waals surface area contributed by atoms with Crippen molar-refractivity contribution in [2.75, 3.05) is 12.3 Å². The molecule has 1 amide bonds. The van der Waals surface area contributed by atoms with Crippen molar-refractivity contribution in [3.05, 3.63) is 60.2 Å². The second kappa shape index (κ2) is 6.38. The molecule has 0 bridgehead atoms. The summed E-state index contributed by atoms with van der Waals surface area (Å²) in [4.78, 5) is 23.3. The fraction of sp³-hybridized carbons (Fsp3) is 0.0667. The Morgan fingerprint density at radius 3 is 2.30 bits per heavy atom. The molecule has 0 unspecified atom stereocenters. The van der Waals surface area contributed by atoms with Gasteiger partial charge in [-0.05, 0) is 36.4 Å². The number of ether oxygens (including phenoxy) is 1. The van der Waals surface area contributed by atoms with E-state index in [2.05, 4.69) is 5.32 Å². The molecule has 0 aliphatic carbocycles. The van der Waals surface area contributed by atoms with Crippen molar-refractivity contribution in [2.24, 2.45) is 0 Å². The number of carbonyl (C=O) groups is 2. The number of esters is 1. The Morgan fingerprint density at radius 2 is 1.65 bits per heavy atom. The number of benzene rings is 2. The highest BCUT2D eigenvalue weighted by Crippen LogP contribution is 2.12. The van der Waals surface area contributed by atoms with Crippen LogP contribution in [0.1, 0.15) is 10.4 Å². The molecule has 0 aromatic heterocycles. The summed E-state index contributed by atoms with van der Waals surface area (Å²) in [7, 11) is 0. The van der Waals surface area contributed by atoms with Crippen LogP contribution in [0.15, 0.2) is 54.6 Å². The molecule has 0 atom stereocenters. The number of nitrogens with two attached hydrogens (primary N) is 1. The average molecular weight is 270 g/mol. The fourth-order valence-corrected chi connectivity index (χ4v) is 1.55. The third-order valence-electron chi connectivity index (χ3n) is 2.54. The number of amides is 1. The number of nitrogen functional groups attached to an aromatic ring is 1. The van der Waals surface area contributed by atoms with Gasteiger partial charge < -0.3 is 15.8 Å². The summed E-state index contributed by atoms with van der Waals surface area (Å²) in [6.07, 6.45) is 0. The molecule has 5 nitrogen and oxygen atoms in total. The Bertz CT molecular complexity index is 594. The molecule has 0 saturated heterocycles. The monoisotopic (exact) mass is 270 g/mol. The Kier molecular flexibility index (Phi) is 4.34. The third-order valence-corrected chi connectivity index (χ3v) is 2.54. The molecule has 20 heavy (non-hydrogen) atoms. The second-order valence-corrected chi connectivity index (χ2v) is 4.09. The van der Waals surface area contributed by atoms with Crippen LogP contribution in [0, 0.1) is 0 Å². The van der Waals surface area contributed by atoms with E-state index in [-0.39, 0.29) is 12.5 Å². The Labute approximate surface area is 116 Å². The van der Waals surface area contributed by atoms with E-state index >= 15 is 0 Å². The van der Waals surface area contributed by atoms with Crippen LogP contribution in [0.4, 0.5) is 5.69 Å². The van der Waals surface area contributed by atoms with E-state index < -0.39 is 5.97 Å². The molecule has 102 valence electrons. The van der Waals surface area contributed by atoms with Gasteiger partial charge in [0.1, 0.15) is 12.3 Å². The fourth-order valence-electron chi connectivity index (χ4n) is 1.55. The van der Waals surface area contributed by atoms with Gasteiger partial charge in [-0.2, -0.15) is 0 Å². The van der Waals surface area contributed by atoms with Crippen LogP contribution >= 0.6 is 0 Å². The largest absolute Gasteiger partial charge is 0.425 e. The first kappa shape index (κ1) is 13.6. The van der Waals surface area contributed by atoms with Crippen LogP contribution in [-0.4, -0.2) is 18.4 Å². The lowest BCUT2D eigenvalue weighted by Gasteiger charge is -2.06. The van der Waals surface area contributed by atoms with E-state index in [0.717, 1.165) is 0 Å². The maximum Gasteiger partial charge on any atom is 0.330 e. The van der Waals surface area contributed by atoms with Crippen molar-refractivity contribution in [1.29, 1.82) is 0 Å². The van der Waals surface area contributed by atoms with Crippen LogP contribution in [-0.2, 0) is 4.79 Å². The van der Waals surface area contributed by atoms with Gasteiger partial charge in [-0.25, -0.2) is 4.79 Å². The molecule has 2 aromatic carbocycles. The summed E-state index contributed by atoms with van der Waals surface area (Å²) < 4.78 is 5.05. The Balaban J connectivity index is 1.83. The normalized spacial score (nSPS) is 9.80.